The summed E-state index contributed by atoms with van der Waals surface area (Å²) in [5.74, 6) is 0. The van der Waals surface area contributed by atoms with Crippen molar-refractivity contribution in [1.82, 2.24) is 0 Å². The maximum absolute atomic E-state index is 6.27. The Hall–Kier alpha value is -2.03. The van der Waals surface area contributed by atoms with Crippen molar-refractivity contribution in [2.75, 3.05) is 19.0 Å². The Balaban J connectivity index is 1.71. The maximum Gasteiger partial charge on any atom is 0.209 e. The number of fused-ring (bicyclic) bond motifs is 2. The van der Waals surface area contributed by atoms with Gasteiger partial charge in [0.2, 0.25) is 5.69 Å². The van der Waals surface area contributed by atoms with E-state index in [1.807, 2.05) is 12.1 Å². The van der Waals surface area contributed by atoms with Crippen LogP contribution in [0.1, 0.15) is 38.8 Å². The van der Waals surface area contributed by atoms with Gasteiger partial charge >= 0.3 is 0 Å². The summed E-state index contributed by atoms with van der Waals surface area (Å²) >= 11 is 12.5. The first kappa shape index (κ1) is 20.3. The van der Waals surface area contributed by atoms with Gasteiger partial charge in [-0.25, -0.2) is 0 Å². The highest BCUT2D eigenvalue weighted by atomic mass is 35.5. The zero-order valence-electron chi connectivity index (χ0n) is 17.8. The average Bonchev–Trinajstić information content (AvgIpc) is 2.95. The molecule has 4 heteroatoms. The normalized spacial score (nSPS) is 20.7. The Morgan fingerprint density at radius 3 is 2.21 bits per heavy atom. The number of hydrogen-bond acceptors (Lipinski definition) is 1. The van der Waals surface area contributed by atoms with Gasteiger partial charge in [-0.1, -0.05) is 43.1 Å². The Bertz CT molecular complexity index is 1100. The molecule has 2 aliphatic rings. The number of anilines is 1. The summed E-state index contributed by atoms with van der Waals surface area (Å²) in [7, 11) is 4.25. The molecule has 0 aliphatic carbocycles. The summed E-state index contributed by atoms with van der Waals surface area (Å²) in [5, 5.41) is 1.56. The van der Waals surface area contributed by atoms with E-state index in [0.29, 0.717) is 0 Å². The minimum absolute atomic E-state index is 0.0996. The molecule has 0 spiro atoms. The molecule has 2 aliphatic heterocycles. The van der Waals surface area contributed by atoms with Gasteiger partial charge in [0.1, 0.15) is 7.05 Å². The molecule has 29 heavy (non-hydrogen) atoms. The lowest BCUT2D eigenvalue weighted by molar-refractivity contribution is -0.401. The second-order valence-corrected chi connectivity index (χ2v) is 9.86. The smallest absolute Gasteiger partial charge is 0.209 e. The van der Waals surface area contributed by atoms with Crippen LogP contribution in [0.4, 0.5) is 11.4 Å². The van der Waals surface area contributed by atoms with Gasteiger partial charge in [-0.2, -0.15) is 4.58 Å². The Labute approximate surface area is 183 Å². The molecule has 0 saturated carbocycles. The zero-order chi connectivity index (χ0) is 21.1. The molecule has 4 rings (SSSR count). The molecule has 0 amide bonds. The molecule has 0 unspecified atom stereocenters. The van der Waals surface area contributed by atoms with E-state index in [9.17, 15) is 0 Å². The van der Waals surface area contributed by atoms with Crippen molar-refractivity contribution in [1.29, 1.82) is 0 Å². The molecular formula is C25H27Cl2N2+. The van der Waals surface area contributed by atoms with E-state index in [0.717, 1.165) is 10.0 Å². The van der Waals surface area contributed by atoms with Crippen LogP contribution in [0.2, 0.25) is 10.0 Å². The fraction of sp³-hybridized carbons (Fsp3) is 0.320. The Morgan fingerprint density at radius 1 is 0.897 bits per heavy atom. The third-order valence-corrected chi connectivity index (χ3v) is 6.97. The SMILES string of the molecule is CN1C(=CC=CC2=[N+](C)c3ccc(Cl)cc3C2(C)C)C(C)(C)c2cc(Cl)ccc21. The van der Waals surface area contributed by atoms with Crippen molar-refractivity contribution in [3.05, 3.63) is 81.5 Å². The van der Waals surface area contributed by atoms with E-state index in [2.05, 4.69) is 93.8 Å². The van der Waals surface area contributed by atoms with Crippen molar-refractivity contribution in [2.45, 2.75) is 38.5 Å². The van der Waals surface area contributed by atoms with Crippen LogP contribution in [0, 0.1) is 0 Å². The van der Waals surface area contributed by atoms with Gasteiger partial charge in [-0.05, 0) is 55.8 Å². The molecular weight excluding hydrogens is 399 g/mol. The van der Waals surface area contributed by atoms with Gasteiger partial charge in [0, 0.05) is 51.6 Å². The van der Waals surface area contributed by atoms with E-state index in [1.165, 1.54) is 33.9 Å². The molecule has 2 heterocycles. The number of halogens is 2. The molecule has 0 bridgehead atoms. The monoisotopic (exact) mass is 425 g/mol. The molecule has 0 saturated heterocycles. The molecule has 0 atom stereocenters. The van der Waals surface area contributed by atoms with Crippen LogP contribution in [0.15, 0.2) is 60.3 Å². The van der Waals surface area contributed by atoms with Crippen LogP contribution < -0.4 is 4.90 Å². The lowest BCUT2D eigenvalue weighted by Gasteiger charge is -2.23. The predicted octanol–water partition coefficient (Wildman–Crippen LogP) is 6.87. The molecule has 0 fully saturated rings. The van der Waals surface area contributed by atoms with Gasteiger partial charge in [0.05, 0.1) is 5.41 Å². The fourth-order valence-electron chi connectivity index (χ4n) is 4.85. The number of rotatable bonds is 2. The van der Waals surface area contributed by atoms with Gasteiger partial charge in [-0.15, -0.1) is 0 Å². The van der Waals surface area contributed by atoms with Gasteiger partial charge in [-0.3, -0.25) is 0 Å². The highest BCUT2D eigenvalue weighted by Gasteiger charge is 2.43. The largest absolute Gasteiger partial charge is 0.347 e. The van der Waals surface area contributed by atoms with Crippen LogP contribution >= 0.6 is 23.2 Å². The molecule has 150 valence electrons. The highest BCUT2D eigenvalue weighted by molar-refractivity contribution is 6.31. The predicted molar refractivity (Wildman–Crippen MR) is 125 cm³/mol. The van der Waals surface area contributed by atoms with Crippen molar-refractivity contribution in [3.63, 3.8) is 0 Å². The number of likely N-dealkylation sites (N-methyl/N-ethyl adjacent to an activating group) is 1. The zero-order valence-corrected chi connectivity index (χ0v) is 19.4. The first-order valence-corrected chi connectivity index (χ1v) is 10.6. The standard InChI is InChI=1S/C25H27Cl2N2/c1-24(2)18-14-16(26)10-12-20(18)28(5)22(24)8-7-9-23-25(3,4)19-15-17(27)11-13-21(19)29(23)6/h7-15H,1-6H3/q+1. The average molecular weight is 426 g/mol. The number of allylic oxidation sites excluding steroid dienone is 4. The van der Waals surface area contributed by atoms with Crippen LogP contribution in [0.3, 0.4) is 0 Å². The molecule has 0 aromatic heterocycles. The van der Waals surface area contributed by atoms with E-state index in [-0.39, 0.29) is 10.8 Å². The topological polar surface area (TPSA) is 6.25 Å². The summed E-state index contributed by atoms with van der Waals surface area (Å²) in [5.41, 5.74) is 7.27. The van der Waals surface area contributed by atoms with E-state index >= 15 is 0 Å². The third kappa shape index (κ3) is 3.05. The first-order chi connectivity index (χ1) is 13.5. The van der Waals surface area contributed by atoms with Crippen LogP contribution in [0.5, 0.6) is 0 Å². The van der Waals surface area contributed by atoms with E-state index in [4.69, 9.17) is 23.2 Å². The van der Waals surface area contributed by atoms with E-state index in [1.54, 1.807) is 0 Å². The lowest BCUT2D eigenvalue weighted by Crippen LogP contribution is -2.26. The Morgan fingerprint density at radius 2 is 1.52 bits per heavy atom. The second-order valence-electron chi connectivity index (χ2n) is 8.99. The minimum Gasteiger partial charge on any atom is -0.347 e. The molecule has 0 N–H and O–H groups in total. The first-order valence-electron chi connectivity index (χ1n) is 9.89. The number of benzene rings is 2. The van der Waals surface area contributed by atoms with Gasteiger partial charge in [0.15, 0.2) is 5.71 Å². The fourth-order valence-corrected chi connectivity index (χ4v) is 5.19. The summed E-state index contributed by atoms with van der Waals surface area (Å²) < 4.78 is 2.26. The van der Waals surface area contributed by atoms with Crippen LogP contribution in [-0.4, -0.2) is 24.4 Å². The summed E-state index contributed by atoms with van der Waals surface area (Å²) in [6.07, 6.45) is 6.61. The van der Waals surface area contributed by atoms with Crippen molar-refractivity contribution in [2.24, 2.45) is 0 Å². The summed E-state index contributed by atoms with van der Waals surface area (Å²) in [4.78, 5) is 2.26. The second kappa shape index (κ2) is 6.75. The highest BCUT2D eigenvalue weighted by Crippen LogP contribution is 2.47. The molecule has 2 nitrogen and oxygen atoms in total. The third-order valence-electron chi connectivity index (χ3n) is 6.50. The lowest BCUT2D eigenvalue weighted by atomic mass is 9.81. The maximum atomic E-state index is 6.27. The number of nitrogens with zero attached hydrogens (tertiary/aromatic N) is 2. The molecule has 2 aromatic carbocycles. The van der Waals surface area contributed by atoms with Crippen molar-refractivity contribution >= 4 is 40.3 Å². The molecule has 2 aromatic rings. The minimum atomic E-state index is -0.0996. The van der Waals surface area contributed by atoms with E-state index < -0.39 is 0 Å². The van der Waals surface area contributed by atoms with Crippen LogP contribution in [-0.2, 0) is 10.8 Å². The Kier molecular flexibility index (Phi) is 4.72. The van der Waals surface area contributed by atoms with Crippen molar-refractivity contribution in [3.8, 4) is 0 Å². The summed E-state index contributed by atoms with van der Waals surface area (Å²) in [6.45, 7) is 9.01. The van der Waals surface area contributed by atoms with Gasteiger partial charge in [0.25, 0.3) is 0 Å². The number of hydrogen-bond donors (Lipinski definition) is 0. The van der Waals surface area contributed by atoms with Gasteiger partial charge < -0.3 is 4.90 Å². The quantitative estimate of drug-likeness (QED) is 0.475. The molecule has 0 radical (unpaired) electrons. The summed E-state index contributed by atoms with van der Waals surface area (Å²) in [6, 6.07) is 12.3. The van der Waals surface area contributed by atoms with Crippen LogP contribution in [0.25, 0.3) is 0 Å². The van der Waals surface area contributed by atoms with Crippen molar-refractivity contribution < 1.29 is 4.58 Å².